The molecule has 188 valence electrons. The summed E-state index contributed by atoms with van der Waals surface area (Å²) in [5, 5.41) is 10.9. The number of Topliss-reactive ketones (excluding diaryl/α,β-unsaturated/α-hetero) is 1. The number of carbonyl (C=O) groups excluding carboxylic acids is 2. The molecule has 1 aromatic heterocycles. The lowest BCUT2D eigenvalue weighted by Crippen LogP contribution is -2.33. The van der Waals surface area contributed by atoms with E-state index in [9.17, 15) is 14.7 Å². The number of rotatable bonds is 10. The monoisotopic (exact) mass is 493 g/mol. The molecule has 0 saturated carbocycles. The van der Waals surface area contributed by atoms with Gasteiger partial charge in [0, 0.05) is 18.2 Å². The maximum absolute atomic E-state index is 13.4. The topological polar surface area (TPSA) is 108 Å². The fourth-order valence-electron chi connectivity index (χ4n) is 4.31. The van der Waals surface area contributed by atoms with Gasteiger partial charge in [0.1, 0.15) is 11.5 Å². The average Bonchev–Trinajstić information content (AvgIpc) is 3.54. The van der Waals surface area contributed by atoms with Crippen molar-refractivity contribution in [1.82, 2.24) is 4.90 Å². The molecule has 1 aliphatic rings. The van der Waals surface area contributed by atoms with Crippen molar-refractivity contribution >= 4 is 11.7 Å². The number of amides is 1. The van der Waals surface area contributed by atoms with Crippen molar-refractivity contribution in [3.63, 3.8) is 0 Å². The number of aliphatic hydroxyl groups excluding tert-OH is 1. The van der Waals surface area contributed by atoms with Crippen molar-refractivity contribution in [2.24, 2.45) is 0 Å². The highest BCUT2D eigenvalue weighted by atomic mass is 16.5. The number of aliphatic hydroxyl groups is 1. The van der Waals surface area contributed by atoms with Gasteiger partial charge in [-0.2, -0.15) is 0 Å². The quantitative estimate of drug-likeness (QED) is 0.420. The molecule has 2 heterocycles. The van der Waals surface area contributed by atoms with E-state index in [-0.39, 0.29) is 17.9 Å². The zero-order valence-electron chi connectivity index (χ0n) is 20.4. The van der Waals surface area contributed by atoms with Gasteiger partial charge in [-0.05, 0) is 48.4 Å². The van der Waals surface area contributed by atoms with Crippen LogP contribution in [0.3, 0.4) is 0 Å². The van der Waals surface area contributed by atoms with Crippen LogP contribution in [0.25, 0.3) is 0 Å². The van der Waals surface area contributed by atoms with Crippen LogP contribution in [0.1, 0.15) is 27.7 Å². The Morgan fingerprint density at radius 2 is 1.69 bits per heavy atom. The first-order valence-electron chi connectivity index (χ1n) is 11.2. The molecular weight excluding hydrogens is 466 g/mol. The van der Waals surface area contributed by atoms with Gasteiger partial charge in [-0.3, -0.25) is 9.59 Å². The molecule has 0 saturated heterocycles. The van der Waals surface area contributed by atoms with Crippen LogP contribution >= 0.6 is 0 Å². The first kappa shape index (κ1) is 24.7. The molecule has 1 N–H and O–H groups in total. The molecule has 1 amide bonds. The highest BCUT2D eigenvalue weighted by molar-refractivity contribution is 6.15. The maximum atomic E-state index is 13.4. The zero-order chi connectivity index (χ0) is 25.8. The number of methoxy groups -OCH3 is 4. The minimum absolute atomic E-state index is 0.0172. The lowest BCUT2D eigenvalue weighted by molar-refractivity contribution is -0.129. The van der Waals surface area contributed by atoms with E-state index >= 15 is 0 Å². The number of ether oxygens (including phenoxy) is 4. The van der Waals surface area contributed by atoms with Crippen LogP contribution in [-0.2, 0) is 11.2 Å². The van der Waals surface area contributed by atoms with Gasteiger partial charge in [-0.1, -0.05) is 6.07 Å². The summed E-state index contributed by atoms with van der Waals surface area (Å²) in [4.78, 5) is 28.1. The molecular formula is C27H27NO8. The lowest BCUT2D eigenvalue weighted by atomic mass is 9.94. The SMILES string of the molecule is COc1ccc(C2C(C(=O)c3ccco3)=C(O)C(=O)N2CCc2ccc(OC)c(OC)c2)c(OC)c1. The van der Waals surface area contributed by atoms with Crippen molar-refractivity contribution in [3.8, 4) is 23.0 Å². The number of nitrogens with zero attached hydrogens (tertiary/aromatic N) is 1. The van der Waals surface area contributed by atoms with Crippen LogP contribution < -0.4 is 18.9 Å². The second-order valence-corrected chi connectivity index (χ2v) is 8.02. The maximum Gasteiger partial charge on any atom is 0.290 e. The third-order valence-corrected chi connectivity index (χ3v) is 6.12. The van der Waals surface area contributed by atoms with E-state index in [1.807, 2.05) is 12.1 Å². The standard InChI is InChI=1S/C27H27NO8/c1-32-17-8-9-18(21(15-17)34-3)24-23(25(29)20-6-5-13-36-20)26(30)27(31)28(24)12-11-16-7-10-19(33-2)22(14-16)35-4/h5-10,13-15,24,30H,11-12H2,1-4H3. The number of furan rings is 1. The van der Waals surface area contributed by atoms with Gasteiger partial charge in [0.05, 0.1) is 46.3 Å². The zero-order valence-corrected chi connectivity index (χ0v) is 20.4. The van der Waals surface area contributed by atoms with Crippen LogP contribution in [0, 0.1) is 0 Å². The minimum atomic E-state index is -0.906. The molecule has 1 aliphatic heterocycles. The summed E-state index contributed by atoms with van der Waals surface area (Å²) in [6, 6.07) is 12.7. The van der Waals surface area contributed by atoms with Gasteiger partial charge in [0.15, 0.2) is 23.0 Å². The number of ketones is 1. The molecule has 0 radical (unpaired) electrons. The predicted molar refractivity (Wildman–Crippen MR) is 130 cm³/mol. The third-order valence-electron chi connectivity index (χ3n) is 6.12. The van der Waals surface area contributed by atoms with E-state index in [1.54, 1.807) is 44.6 Å². The van der Waals surface area contributed by atoms with Crippen LogP contribution in [-0.4, -0.2) is 56.7 Å². The largest absolute Gasteiger partial charge is 0.503 e. The molecule has 2 aromatic carbocycles. The average molecular weight is 494 g/mol. The van der Waals surface area contributed by atoms with Gasteiger partial charge in [-0.25, -0.2) is 0 Å². The molecule has 0 bridgehead atoms. The van der Waals surface area contributed by atoms with Crippen LogP contribution in [0.2, 0.25) is 0 Å². The summed E-state index contributed by atoms with van der Waals surface area (Å²) >= 11 is 0. The molecule has 0 spiro atoms. The van der Waals surface area contributed by atoms with E-state index in [0.717, 1.165) is 5.56 Å². The third kappa shape index (κ3) is 4.47. The summed E-state index contributed by atoms with van der Waals surface area (Å²) in [6.07, 6.45) is 1.79. The van der Waals surface area contributed by atoms with Crippen molar-refractivity contribution in [2.75, 3.05) is 35.0 Å². The summed E-state index contributed by atoms with van der Waals surface area (Å²) in [5.41, 5.74) is 1.33. The van der Waals surface area contributed by atoms with Gasteiger partial charge in [0.2, 0.25) is 5.78 Å². The van der Waals surface area contributed by atoms with Crippen molar-refractivity contribution in [1.29, 1.82) is 0 Å². The van der Waals surface area contributed by atoms with E-state index in [1.165, 1.54) is 31.4 Å². The normalized spacial score (nSPS) is 15.3. The Bertz CT molecular complexity index is 1300. The Labute approximate surface area is 208 Å². The summed E-state index contributed by atoms with van der Waals surface area (Å²) in [6.45, 7) is 0.202. The van der Waals surface area contributed by atoms with Crippen molar-refractivity contribution in [3.05, 3.63) is 83.0 Å². The smallest absolute Gasteiger partial charge is 0.290 e. The predicted octanol–water partition coefficient (Wildman–Crippen LogP) is 4.14. The molecule has 1 unspecified atom stereocenters. The lowest BCUT2D eigenvalue weighted by Gasteiger charge is -2.28. The molecule has 1 atom stereocenters. The number of benzene rings is 2. The van der Waals surface area contributed by atoms with E-state index in [0.29, 0.717) is 35.0 Å². The van der Waals surface area contributed by atoms with E-state index in [2.05, 4.69) is 0 Å². The molecule has 36 heavy (non-hydrogen) atoms. The van der Waals surface area contributed by atoms with Gasteiger partial charge in [0.25, 0.3) is 5.91 Å². The van der Waals surface area contributed by atoms with Crippen molar-refractivity contribution in [2.45, 2.75) is 12.5 Å². The number of hydrogen-bond donors (Lipinski definition) is 1. The van der Waals surface area contributed by atoms with E-state index < -0.39 is 23.5 Å². The Hall–Kier alpha value is -4.40. The van der Waals surface area contributed by atoms with E-state index in [4.69, 9.17) is 23.4 Å². The van der Waals surface area contributed by atoms with Crippen molar-refractivity contribution < 1.29 is 38.1 Å². The first-order valence-corrected chi connectivity index (χ1v) is 11.2. The Balaban J connectivity index is 1.74. The van der Waals surface area contributed by atoms with Crippen LogP contribution in [0.5, 0.6) is 23.0 Å². The highest BCUT2D eigenvalue weighted by Crippen LogP contribution is 2.43. The second-order valence-electron chi connectivity index (χ2n) is 8.02. The molecule has 9 heteroatoms. The molecule has 9 nitrogen and oxygen atoms in total. The number of carbonyl (C=O) groups is 2. The molecule has 0 aliphatic carbocycles. The Kier molecular flexibility index (Phi) is 7.19. The summed E-state index contributed by atoms with van der Waals surface area (Å²) in [5.74, 6) is 0.258. The Morgan fingerprint density at radius 1 is 0.944 bits per heavy atom. The molecule has 3 aromatic rings. The fraction of sp³-hybridized carbons (Fsp3) is 0.259. The summed E-state index contributed by atoms with van der Waals surface area (Å²) in [7, 11) is 6.12. The van der Waals surface area contributed by atoms with Gasteiger partial charge >= 0.3 is 0 Å². The minimum Gasteiger partial charge on any atom is -0.503 e. The Morgan fingerprint density at radius 3 is 2.33 bits per heavy atom. The summed E-state index contributed by atoms with van der Waals surface area (Å²) < 4.78 is 26.8. The fourth-order valence-corrected chi connectivity index (χ4v) is 4.31. The van der Waals surface area contributed by atoms with Gasteiger partial charge in [-0.15, -0.1) is 0 Å². The van der Waals surface area contributed by atoms with Gasteiger partial charge < -0.3 is 33.4 Å². The second kappa shape index (κ2) is 10.5. The molecule has 4 rings (SSSR count). The number of hydrogen-bond acceptors (Lipinski definition) is 8. The first-order chi connectivity index (χ1) is 17.4. The van der Waals surface area contributed by atoms with Crippen LogP contribution in [0.15, 0.2) is 70.5 Å². The highest BCUT2D eigenvalue weighted by Gasteiger charge is 2.45. The molecule has 0 fully saturated rings. The van der Waals surface area contributed by atoms with Crippen LogP contribution in [0.4, 0.5) is 0 Å².